The zero-order chi connectivity index (χ0) is 11.8. The molecule has 0 radical (unpaired) electrons. The first-order valence-electron chi connectivity index (χ1n) is 6.60. The highest BCUT2D eigenvalue weighted by atomic mass is 16.3. The molecule has 2 atom stereocenters. The topological polar surface area (TPSA) is 54.2 Å². The number of hydrogen-bond donors (Lipinski definition) is 1. The van der Waals surface area contributed by atoms with Crippen molar-refractivity contribution in [2.24, 2.45) is 0 Å². The molecule has 1 saturated heterocycles. The van der Waals surface area contributed by atoms with E-state index in [0.29, 0.717) is 12.5 Å². The number of rotatable bonds is 2. The van der Waals surface area contributed by atoms with Crippen molar-refractivity contribution in [1.29, 1.82) is 0 Å². The van der Waals surface area contributed by atoms with E-state index in [-0.39, 0.29) is 6.10 Å². The summed E-state index contributed by atoms with van der Waals surface area (Å²) in [6.45, 7) is 6.18. The van der Waals surface area contributed by atoms with Crippen molar-refractivity contribution in [3.63, 3.8) is 0 Å². The third-order valence-electron chi connectivity index (χ3n) is 3.93. The van der Waals surface area contributed by atoms with Gasteiger partial charge in [-0.1, -0.05) is 6.92 Å². The Kier molecular flexibility index (Phi) is 2.88. The molecule has 3 rings (SSSR count). The minimum Gasteiger partial charge on any atom is -0.391 e. The monoisotopic (exact) mass is 236 g/mol. The normalized spacial score (nSPS) is 29.5. The van der Waals surface area contributed by atoms with Gasteiger partial charge in [0.05, 0.1) is 12.6 Å². The summed E-state index contributed by atoms with van der Waals surface area (Å²) in [5.41, 5.74) is 0. The summed E-state index contributed by atoms with van der Waals surface area (Å²) in [5.74, 6) is 2.54. The van der Waals surface area contributed by atoms with Gasteiger partial charge in [-0.15, -0.1) is 0 Å². The number of hydrogen-bond acceptors (Lipinski definition) is 4. The molecule has 1 aromatic heterocycles. The fourth-order valence-electron chi connectivity index (χ4n) is 2.82. The largest absolute Gasteiger partial charge is 0.391 e. The maximum absolute atomic E-state index is 9.61. The van der Waals surface area contributed by atoms with Crippen LogP contribution in [0.4, 0.5) is 0 Å². The summed E-state index contributed by atoms with van der Waals surface area (Å²) in [6.07, 6.45) is 2.61. The number of fused-ring (bicyclic) bond motifs is 1. The Morgan fingerprint density at radius 2 is 2.24 bits per heavy atom. The lowest BCUT2D eigenvalue weighted by Gasteiger charge is -2.16. The first-order valence-corrected chi connectivity index (χ1v) is 6.60. The minimum absolute atomic E-state index is 0.243. The fraction of sp³-hybridized carbons (Fsp3) is 0.833. The van der Waals surface area contributed by atoms with Gasteiger partial charge in [-0.2, -0.15) is 5.10 Å². The highest BCUT2D eigenvalue weighted by Gasteiger charge is 2.28. The van der Waals surface area contributed by atoms with Crippen LogP contribution in [0.3, 0.4) is 0 Å². The second kappa shape index (κ2) is 4.38. The van der Waals surface area contributed by atoms with Gasteiger partial charge >= 0.3 is 0 Å². The van der Waals surface area contributed by atoms with Gasteiger partial charge < -0.3 is 10.0 Å². The standard InChI is InChI=1S/C12H20N4O/c1-2-15-6-5-9(7-15)12-13-11-4-3-10(17)8-16(11)14-12/h9-10,17H,2-8H2,1H3. The lowest BCUT2D eigenvalue weighted by molar-refractivity contribution is 0.124. The maximum atomic E-state index is 9.61. The van der Waals surface area contributed by atoms with Crippen LogP contribution in [0.2, 0.25) is 0 Å². The zero-order valence-electron chi connectivity index (χ0n) is 10.3. The van der Waals surface area contributed by atoms with Crippen molar-refractivity contribution in [1.82, 2.24) is 19.7 Å². The minimum atomic E-state index is -0.243. The Morgan fingerprint density at radius 1 is 1.35 bits per heavy atom. The Balaban J connectivity index is 1.76. The Hall–Kier alpha value is -0.940. The highest BCUT2D eigenvalue weighted by Crippen LogP contribution is 2.25. The van der Waals surface area contributed by atoms with Gasteiger partial charge in [-0.05, 0) is 25.9 Å². The number of aromatic nitrogens is 3. The quantitative estimate of drug-likeness (QED) is 0.807. The summed E-state index contributed by atoms with van der Waals surface area (Å²) >= 11 is 0. The Labute approximate surface area is 101 Å². The van der Waals surface area contributed by atoms with E-state index in [1.54, 1.807) is 0 Å². The molecule has 3 heterocycles. The number of likely N-dealkylation sites (N-methyl/N-ethyl adjacent to an activating group) is 1. The molecule has 1 aromatic rings. The van der Waals surface area contributed by atoms with Crippen molar-refractivity contribution in [3.8, 4) is 0 Å². The highest BCUT2D eigenvalue weighted by molar-refractivity contribution is 5.05. The van der Waals surface area contributed by atoms with Crippen LogP contribution < -0.4 is 0 Å². The molecule has 0 bridgehead atoms. The summed E-state index contributed by atoms with van der Waals surface area (Å²) in [4.78, 5) is 7.09. The molecule has 2 unspecified atom stereocenters. The van der Waals surface area contributed by atoms with Gasteiger partial charge in [0.25, 0.3) is 0 Å². The lowest BCUT2D eigenvalue weighted by atomic mass is 10.1. The first kappa shape index (κ1) is 11.2. The van der Waals surface area contributed by atoms with Crippen molar-refractivity contribution in [3.05, 3.63) is 11.6 Å². The van der Waals surface area contributed by atoms with Crippen LogP contribution in [0.1, 0.15) is 37.3 Å². The van der Waals surface area contributed by atoms with Gasteiger partial charge in [0.2, 0.25) is 0 Å². The smallest absolute Gasteiger partial charge is 0.155 e. The molecule has 0 aromatic carbocycles. The van der Waals surface area contributed by atoms with E-state index in [1.807, 2.05) is 4.68 Å². The van der Waals surface area contributed by atoms with Crippen LogP contribution in [-0.4, -0.2) is 50.5 Å². The predicted molar refractivity (Wildman–Crippen MR) is 63.8 cm³/mol. The molecule has 1 fully saturated rings. The van der Waals surface area contributed by atoms with Crippen molar-refractivity contribution in [2.45, 2.75) is 44.8 Å². The average molecular weight is 236 g/mol. The lowest BCUT2D eigenvalue weighted by Crippen LogP contribution is -2.25. The predicted octanol–water partition coefficient (Wildman–Crippen LogP) is 0.394. The maximum Gasteiger partial charge on any atom is 0.155 e. The molecule has 5 heteroatoms. The third-order valence-corrected chi connectivity index (χ3v) is 3.93. The van der Waals surface area contributed by atoms with Crippen molar-refractivity contribution in [2.75, 3.05) is 19.6 Å². The van der Waals surface area contributed by atoms with Crippen LogP contribution in [0, 0.1) is 0 Å². The molecular weight excluding hydrogens is 216 g/mol. The van der Waals surface area contributed by atoms with Crippen LogP contribution in [-0.2, 0) is 13.0 Å². The van der Waals surface area contributed by atoms with Gasteiger partial charge in [0.15, 0.2) is 5.82 Å². The molecule has 0 saturated carbocycles. The van der Waals surface area contributed by atoms with E-state index >= 15 is 0 Å². The molecule has 0 amide bonds. The summed E-state index contributed by atoms with van der Waals surface area (Å²) in [6, 6.07) is 0. The number of aliphatic hydroxyl groups is 1. The van der Waals surface area contributed by atoms with Crippen LogP contribution >= 0.6 is 0 Å². The number of aryl methyl sites for hydroxylation is 1. The molecule has 2 aliphatic rings. The second-order valence-electron chi connectivity index (χ2n) is 5.14. The molecule has 2 aliphatic heterocycles. The summed E-state index contributed by atoms with van der Waals surface area (Å²) in [7, 11) is 0. The van der Waals surface area contributed by atoms with Gasteiger partial charge in [0.1, 0.15) is 5.82 Å². The van der Waals surface area contributed by atoms with E-state index in [9.17, 15) is 5.11 Å². The van der Waals surface area contributed by atoms with Crippen LogP contribution in [0.15, 0.2) is 0 Å². The molecule has 1 N–H and O–H groups in total. The Morgan fingerprint density at radius 3 is 3.00 bits per heavy atom. The molecular formula is C12H20N4O. The zero-order valence-corrected chi connectivity index (χ0v) is 10.3. The third kappa shape index (κ3) is 2.09. The van der Waals surface area contributed by atoms with Crippen LogP contribution in [0.5, 0.6) is 0 Å². The number of aliphatic hydroxyl groups excluding tert-OH is 1. The van der Waals surface area contributed by atoms with Gasteiger partial charge in [-0.3, -0.25) is 0 Å². The molecule has 5 nitrogen and oxygen atoms in total. The summed E-state index contributed by atoms with van der Waals surface area (Å²) < 4.78 is 1.90. The van der Waals surface area contributed by atoms with E-state index in [0.717, 1.165) is 44.1 Å². The summed E-state index contributed by atoms with van der Waals surface area (Å²) in [5, 5.41) is 14.2. The molecule has 0 aliphatic carbocycles. The first-order chi connectivity index (χ1) is 8.26. The van der Waals surface area contributed by atoms with E-state index in [2.05, 4.69) is 21.9 Å². The number of likely N-dealkylation sites (tertiary alicyclic amines) is 1. The number of nitrogens with zero attached hydrogens (tertiary/aromatic N) is 4. The van der Waals surface area contributed by atoms with Gasteiger partial charge in [0, 0.05) is 18.9 Å². The molecule has 17 heavy (non-hydrogen) atoms. The van der Waals surface area contributed by atoms with E-state index in [4.69, 9.17) is 0 Å². The second-order valence-corrected chi connectivity index (χ2v) is 5.14. The SMILES string of the molecule is CCN1CCC(c2nc3n(n2)CC(O)CC3)C1. The average Bonchev–Trinajstić information content (AvgIpc) is 2.93. The Bertz CT molecular complexity index is 403. The fourth-order valence-corrected chi connectivity index (χ4v) is 2.82. The molecule has 94 valence electrons. The van der Waals surface area contributed by atoms with Crippen LogP contribution in [0.25, 0.3) is 0 Å². The van der Waals surface area contributed by atoms with Crippen molar-refractivity contribution < 1.29 is 5.11 Å². The van der Waals surface area contributed by atoms with Gasteiger partial charge in [-0.25, -0.2) is 9.67 Å². The molecule has 0 spiro atoms. The van der Waals surface area contributed by atoms with Crippen molar-refractivity contribution >= 4 is 0 Å². The van der Waals surface area contributed by atoms with E-state index in [1.165, 1.54) is 6.42 Å². The van der Waals surface area contributed by atoms with E-state index < -0.39 is 0 Å².